The Bertz CT molecular complexity index is 1360. The molecule has 3 N–H and O–H groups in total. The molecule has 0 saturated heterocycles. The van der Waals surface area contributed by atoms with Crippen LogP contribution in [0.5, 0.6) is 5.88 Å². The van der Waals surface area contributed by atoms with Crippen molar-refractivity contribution in [3.8, 4) is 17.6 Å². The van der Waals surface area contributed by atoms with Crippen molar-refractivity contribution in [2.75, 3.05) is 0 Å². The van der Waals surface area contributed by atoms with Gasteiger partial charge in [-0.3, -0.25) is 5.10 Å². The lowest BCUT2D eigenvalue weighted by atomic mass is 9.48. The van der Waals surface area contributed by atoms with Gasteiger partial charge in [-0.2, -0.15) is 10.4 Å². The predicted molar refractivity (Wildman–Crippen MR) is 135 cm³/mol. The first-order valence-corrected chi connectivity index (χ1v) is 13.4. The van der Waals surface area contributed by atoms with Gasteiger partial charge in [-0.15, -0.1) is 5.10 Å². The number of fused-ring (bicyclic) bond motifs is 1. The molecule has 0 unspecified atom stereocenters. The summed E-state index contributed by atoms with van der Waals surface area (Å²) in [7, 11) is 0. The number of rotatable bonds is 5. The summed E-state index contributed by atoms with van der Waals surface area (Å²) >= 11 is 0. The Hall–Kier alpha value is -3.53. The molecule has 184 valence electrons. The maximum absolute atomic E-state index is 10.3. The predicted octanol–water partition coefficient (Wildman–Crippen LogP) is 5.23. The van der Waals surface area contributed by atoms with E-state index in [0.29, 0.717) is 11.5 Å². The van der Waals surface area contributed by atoms with Crippen LogP contribution in [0.4, 0.5) is 0 Å². The van der Waals surface area contributed by atoms with Gasteiger partial charge in [0.2, 0.25) is 11.8 Å². The third-order valence-corrected chi connectivity index (χ3v) is 9.13. The van der Waals surface area contributed by atoms with Crippen molar-refractivity contribution in [1.29, 1.82) is 5.26 Å². The maximum atomic E-state index is 10.3. The molecule has 0 radical (unpaired) electrons. The van der Waals surface area contributed by atoms with Gasteiger partial charge in [-0.05, 0) is 74.8 Å². The zero-order chi connectivity index (χ0) is 24.4. The number of allylic oxidation sites excluding steroid dienone is 1. The average Bonchev–Trinajstić information content (AvgIpc) is 3.48. The lowest BCUT2D eigenvalue weighted by molar-refractivity contribution is -0.00778. The van der Waals surface area contributed by atoms with Gasteiger partial charge in [-0.25, -0.2) is 4.68 Å². The summed E-state index contributed by atoms with van der Waals surface area (Å²) in [6.45, 7) is 2.15. The van der Waals surface area contributed by atoms with Crippen LogP contribution in [-0.2, 0) is 11.8 Å². The van der Waals surface area contributed by atoms with E-state index in [2.05, 4.69) is 41.5 Å². The molecule has 36 heavy (non-hydrogen) atoms. The third kappa shape index (κ3) is 3.16. The van der Waals surface area contributed by atoms with Crippen LogP contribution < -0.4 is 10.5 Å². The summed E-state index contributed by atoms with van der Waals surface area (Å²) in [5.41, 5.74) is 12.1. The van der Waals surface area contributed by atoms with E-state index >= 15 is 0 Å². The molecule has 0 spiro atoms. The van der Waals surface area contributed by atoms with Crippen molar-refractivity contribution < 1.29 is 4.74 Å². The van der Waals surface area contributed by atoms with Gasteiger partial charge in [0, 0.05) is 22.9 Å². The first-order chi connectivity index (χ1) is 17.6. The molecule has 8 rings (SSSR count). The highest BCUT2D eigenvalue weighted by atomic mass is 16.5. The number of hydrogen-bond donors (Lipinski definition) is 2. The first kappa shape index (κ1) is 21.7. The van der Waals surface area contributed by atoms with Crippen LogP contribution in [-0.4, -0.2) is 20.0 Å². The highest BCUT2D eigenvalue weighted by Gasteiger charge is 2.54. The number of aryl methyl sites for hydroxylation is 1. The van der Waals surface area contributed by atoms with Gasteiger partial charge in [0.1, 0.15) is 11.6 Å². The van der Waals surface area contributed by atoms with Crippen molar-refractivity contribution >= 4 is 0 Å². The fourth-order valence-corrected chi connectivity index (χ4v) is 8.18. The van der Waals surface area contributed by atoms with Crippen LogP contribution in [0.2, 0.25) is 0 Å². The molecule has 4 fully saturated rings. The second kappa shape index (κ2) is 7.99. The second-order valence-corrected chi connectivity index (χ2v) is 11.5. The summed E-state index contributed by atoms with van der Waals surface area (Å²) in [6, 6.07) is 12.7. The van der Waals surface area contributed by atoms with E-state index in [9.17, 15) is 5.26 Å². The molecule has 4 bridgehead atoms. The zero-order valence-electron chi connectivity index (χ0n) is 20.7. The quantitative estimate of drug-likeness (QED) is 0.520. The van der Waals surface area contributed by atoms with Crippen molar-refractivity contribution in [2.45, 2.75) is 69.6 Å². The standard InChI is InChI=1S/C29H32N6O/c1-2-6-23-25-24(21(15-30)27(31)36-28(25)33-32-23)22-16-35(20-7-4-3-5-8-20)34-26(22)29-12-17-9-18(13-29)11-19(10-17)14-29/h3-5,7-8,16-19,24H,2,6,9-14,31H2,1H3,(H,32,33)/t17?,18?,19?,24-,29?/m0/s1. The number of nitrogens with zero attached hydrogens (tertiary/aromatic N) is 4. The number of aromatic amines is 1. The minimum atomic E-state index is -0.334. The Balaban J connectivity index is 1.46. The zero-order valence-corrected chi connectivity index (χ0v) is 20.7. The van der Waals surface area contributed by atoms with E-state index in [4.69, 9.17) is 15.6 Å². The minimum absolute atomic E-state index is 0.0621. The summed E-state index contributed by atoms with van der Waals surface area (Å²) in [4.78, 5) is 0. The summed E-state index contributed by atoms with van der Waals surface area (Å²) in [5.74, 6) is 2.67. The highest BCUT2D eigenvalue weighted by molar-refractivity contribution is 5.57. The molecule has 4 aliphatic carbocycles. The molecule has 1 atom stereocenters. The molecule has 4 saturated carbocycles. The summed E-state index contributed by atoms with van der Waals surface area (Å²) in [5, 5.41) is 23.3. The fourth-order valence-electron chi connectivity index (χ4n) is 8.18. The molecule has 5 aliphatic rings. The molecular formula is C29H32N6O. The second-order valence-electron chi connectivity index (χ2n) is 11.5. The van der Waals surface area contributed by atoms with Crippen LogP contribution in [0.3, 0.4) is 0 Å². The van der Waals surface area contributed by atoms with Gasteiger partial charge < -0.3 is 10.5 Å². The van der Waals surface area contributed by atoms with Gasteiger partial charge in [-0.1, -0.05) is 31.5 Å². The molecule has 7 nitrogen and oxygen atoms in total. The van der Waals surface area contributed by atoms with Gasteiger partial charge >= 0.3 is 0 Å². The number of benzene rings is 1. The number of H-pyrrole nitrogens is 1. The van der Waals surface area contributed by atoms with E-state index in [1.165, 1.54) is 38.5 Å². The first-order valence-electron chi connectivity index (χ1n) is 13.4. The topological polar surface area (TPSA) is 106 Å². The maximum Gasteiger partial charge on any atom is 0.244 e. The SMILES string of the molecule is CCCc1[nH]nc2c1[C@H](c1cn(-c3ccccc3)nc1C13CC4CC(CC(C4)C1)C3)C(C#N)=C(N)O2. The van der Waals surface area contributed by atoms with Crippen molar-refractivity contribution in [3.63, 3.8) is 0 Å². The number of ether oxygens (including phenoxy) is 1. The molecule has 1 aliphatic heterocycles. The van der Waals surface area contributed by atoms with Crippen LogP contribution >= 0.6 is 0 Å². The van der Waals surface area contributed by atoms with E-state index < -0.39 is 0 Å². The monoisotopic (exact) mass is 480 g/mol. The fraction of sp³-hybridized carbons (Fsp3) is 0.483. The summed E-state index contributed by atoms with van der Waals surface area (Å²) < 4.78 is 7.88. The van der Waals surface area contributed by atoms with E-state index in [-0.39, 0.29) is 17.2 Å². The van der Waals surface area contributed by atoms with Gasteiger partial charge in [0.05, 0.1) is 22.9 Å². The molecule has 1 aromatic carbocycles. The Morgan fingerprint density at radius 3 is 2.47 bits per heavy atom. The number of hydrogen-bond acceptors (Lipinski definition) is 5. The van der Waals surface area contributed by atoms with Gasteiger partial charge in [0.15, 0.2) is 0 Å². The molecule has 7 heteroatoms. The molecule has 0 amide bonds. The average molecular weight is 481 g/mol. The number of aromatic nitrogens is 4. The highest BCUT2D eigenvalue weighted by Crippen LogP contribution is 2.62. The molecule has 3 aromatic rings. The Labute approximate surface area is 211 Å². The Morgan fingerprint density at radius 2 is 1.83 bits per heavy atom. The number of para-hydroxylation sites is 1. The van der Waals surface area contributed by atoms with E-state index in [1.54, 1.807) is 0 Å². The van der Waals surface area contributed by atoms with Gasteiger partial charge in [0.25, 0.3) is 0 Å². The normalized spacial score (nSPS) is 30.2. The minimum Gasteiger partial charge on any atom is -0.420 e. The number of nitrogens with two attached hydrogens (primary N) is 1. The third-order valence-electron chi connectivity index (χ3n) is 9.13. The Kier molecular flexibility index (Phi) is 4.82. The number of nitrogens with one attached hydrogen (secondary N) is 1. The van der Waals surface area contributed by atoms with Crippen molar-refractivity contribution in [3.05, 3.63) is 70.5 Å². The smallest absolute Gasteiger partial charge is 0.244 e. The van der Waals surface area contributed by atoms with E-state index in [0.717, 1.165) is 58.8 Å². The largest absolute Gasteiger partial charge is 0.420 e. The lowest BCUT2D eigenvalue weighted by Gasteiger charge is -2.56. The lowest BCUT2D eigenvalue weighted by Crippen LogP contribution is -2.49. The summed E-state index contributed by atoms with van der Waals surface area (Å²) in [6.07, 6.45) is 11.6. The number of nitriles is 1. The van der Waals surface area contributed by atoms with Crippen molar-refractivity contribution in [1.82, 2.24) is 20.0 Å². The molecule has 3 heterocycles. The van der Waals surface area contributed by atoms with Crippen LogP contribution in [0.25, 0.3) is 5.69 Å². The molecular weight excluding hydrogens is 448 g/mol. The molecule has 2 aromatic heterocycles. The van der Waals surface area contributed by atoms with Crippen molar-refractivity contribution in [2.24, 2.45) is 23.5 Å². The van der Waals surface area contributed by atoms with Crippen LogP contribution in [0.15, 0.2) is 48.0 Å². The van der Waals surface area contributed by atoms with Crippen LogP contribution in [0.1, 0.15) is 80.3 Å². The van der Waals surface area contributed by atoms with Crippen LogP contribution in [0, 0.1) is 29.1 Å². The Morgan fingerprint density at radius 1 is 1.14 bits per heavy atom. The van der Waals surface area contributed by atoms with E-state index in [1.807, 2.05) is 22.9 Å².